The lowest BCUT2D eigenvalue weighted by molar-refractivity contribution is -0.160. The monoisotopic (exact) mass is 510 g/mol. The Hall–Kier alpha value is -4.15. The molecule has 1 heterocycles. The zero-order valence-corrected chi connectivity index (χ0v) is 21.1. The van der Waals surface area contributed by atoms with Crippen molar-refractivity contribution in [3.63, 3.8) is 0 Å². The Morgan fingerprint density at radius 1 is 1.00 bits per heavy atom. The van der Waals surface area contributed by atoms with E-state index in [0.29, 0.717) is 22.4 Å². The highest BCUT2D eigenvalue weighted by Crippen LogP contribution is 2.37. The first-order valence-electron chi connectivity index (χ1n) is 13.0. The van der Waals surface area contributed by atoms with Gasteiger partial charge < -0.3 is 19.5 Å². The first kappa shape index (κ1) is 25.5. The van der Waals surface area contributed by atoms with Gasteiger partial charge in [0.15, 0.2) is 6.10 Å². The predicted molar refractivity (Wildman–Crippen MR) is 140 cm³/mol. The van der Waals surface area contributed by atoms with Crippen molar-refractivity contribution in [2.24, 2.45) is 0 Å². The Kier molecular flexibility index (Phi) is 7.71. The lowest BCUT2D eigenvalue weighted by Gasteiger charge is -2.37. The van der Waals surface area contributed by atoms with Crippen LogP contribution >= 0.6 is 0 Å². The number of nitriles is 1. The number of aliphatic carboxylic acids is 1. The van der Waals surface area contributed by atoms with Gasteiger partial charge in [0.2, 0.25) is 0 Å². The SMILES string of the molecule is N#Cc1ccc2c(c1OCc1ccccc1)CC(C(=O)O)N(C(=O)[C@H](OC1CCCC1)c1ccccc1)C2. The topological polar surface area (TPSA) is 99.9 Å². The molecule has 3 aromatic carbocycles. The number of carbonyl (C=O) groups is 2. The van der Waals surface area contributed by atoms with E-state index in [4.69, 9.17) is 9.47 Å². The summed E-state index contributed by atoms with van der Waals surface area (Å²) >= 11 is 0. The molecule has 3 aromatic rings. The maximum absolute atomic E-state index is 14.0. The first-order chi connectivity index (χ1) is 18.5. The van der Waals surface area contributed by atoms with E-state index in [1.165, 1.54) is 4.90 Å². The van der Waals surface area contributed by atoms with Gasteiger partial charge in [-0.2, -0.15) is 5.26 Å². The van der Waals surface area contributed by atoms with Crippen LogP contribution in [0.3, 0.4) is 0 Å². The lowest BCUT2D eigenvalue weighted by Crippen LogP contribution is -2.50. The van der Waals surface area contributed by atoms with Crippen molar-refractivity contribution in [2.75, 3.05) is 0 Å². The second-order valence-electron chi connectivity index (χ2n) is 9.82. The average Bonchev–Trinajstić information content (AvgIpc) is 3.48. The molecule has 2 aliphatic rings. The number of carboxylic acid groups (broad SMARTS) is 1. The molecule has 5 rings (SSSR count). The summed E-state index contributed by atoms with van der Waals surface area (Å²) in [6, 6.07) is 23.4. The minimum Gasteiger partial charge on any atom is -0.487 e. The highest BCUT2D eigenvalue weighted by molar-refractivity contribution is 5.88. The molecule has 1 N–H and O–H groups in total. The van der Waals surface area contributed by atoms with Crippen LogP contribution < -0.4 is 4.74 Å². The smallest absolute Gasteiger partial charge is 0.326 e. The van der Waals surface area contributed by atoms with E-state index >= 15 is 0 Å². The number of rotatable bonds is 8. The number of carboxylic acids is 1. The maximum atomic E-state index is 14.0. The van der Waals surface area contributed by atoms with E-state index < -0.39 is 18.1 Å². The van der Waals surface area contributed by atoms with Crippen LogP contribution in [0, 0.1) is 11.3 Å². The van der Waals surface area contributed by atoms with E-state index in [-0.39, 0.29) is 31.6 Å². The zero-order chi connectivity index (χ0) is 26.5. The molecule has 0 saturated heterocycles. The summed E-state index contributed by atoms with van der Waals surface area (Å²) in [7, 11) is 0. The van der Waals surface area contributed by atoms with Crippen molar-refractivity contribution in [3.8, 4) is 11.8 Å². The van der Waals surface area contributed by atoms with Crippen molar-refractivity contribution in [1.82, 2.24) is 4.90 Å². The molecule has 7 nitrogen and oxygen atoms in total. The highest BCUT2D eigenvalue weighted by Gasteiger charge is 2.40. The Balaban J connectivity index is 1.46. The van der Waals surface area contributed by atoms with Gasteiger partial charge in [0.1, 0.15) is 24.5 Å². The van der Waals surface area contributed by atoms with Gasteiger partial charge in [-0.05, 0) is 35.6 Å². The lowest BCUT2D eigenvalue weighted by atomic mass is 9.90. The van der Waals surface area contributed by atoms with E-state index in [1.807, 2.05) is 60.7 Å². The zero-order valence-electron chi connectivity index (χ0n) is 21.1. The van der Waals surface area contributed by atoms with E-state index in [0.717, 1.165) is 36.8 Å². The Bertz CT molecular complexity index is 1330. The second-order valence-corrected chi connectivity index (χ2v) is 9.82. The van der Waals surface area contributed by atoms with Gasteiger partial charge in [0.05, 0.1) is 11.7 Å². The van der Waals surface area contributed by atoms with Crippen molar-refractivity contribution < 1.29 is 24.2 Å². The van der Waals surface area contributed by atoms with Crippen molar-refractivity contribution >= 4 is 11.9 Å². The molecule has 1 amide bonds. The minimum absolute atomic E-state index is 0.0271. The summed E-state index contributed by atoms with van der Waals surface area (Å²) in [5, 5.41) is 19.9. The molecule has 1 aliphatic carbocycles. The number of hydrogen-bond donors (Lipinski definition) is 1. The van der Waals surface area contributed by atoms with Crippen molar-refractivity contribution in [3.05, 3.63) is 101 Å². The third kappa shape index (κ3) is 5.41. The molecule has 1 fully saturated rings. The molecule has 1 saturated carbocycles. The number of benzene rings is 3. The summed E-state index contributed by atoms with van der Waals surface area (Å²) in [5.74, 6) is -1.08. The van der Waals surface area contributed by atoms with Crippen LogP contribution in [0.1, 0.15) is 59.6 Å². The van der Waals surface area contributed by atoms with Gasteiger partial charge >= 0.3 is 5.97 Å². The van der Waals surface area contributed by atoms with Crippen molar-refractivity contribution in [2.45, 2.75) is 63.5 Å². The fourth-order valence-electron chi connectivity index (χ4n) is 5.35. The van der Waals surface area contributed by atoms with Gasteiger partial charge in [-0.1, -0.05) is 79.6 Å². The molecule has 1 aliphatic heterocycles. The molecule has 38 heavy (non-hydrogen) atoms. The van der Waals surface area contributed by atoms with Crippen LogP contribution in [0.5, 0.6) is 5.75 Å². The number of fused-ring (bicyclic) bond motifs is 1. The molecular formula is C31H30N2O5. The molecule has 1 unspecified atom stereocenters. The summed E-state index contributed by atoms with van der Waals surface area (Å²) < 4.78 is 12.4. The number of hydrogen-bond acceptors (Lipinski definition) is 5. The van der Waals surface area contributed by atoms with Crippen LogP contribution in [0.4, 0.5) is 0 Å². The second kappa shape index (κ2) is 11.5. The third-order valence-corrected chi connectivity index (χ3v) is 7.34. The van der Waals surface area contributed by atoms with Crippen LogP contribution in [0.15, 0.2) is 72.8 Å². The van der Waals surface area contributed by atoms with E-state index in [1.54, 1.807) is 12.1 Å². The first-order valence-corrected chi connectivity index (χ1v) is 13.0. The van der Waals surface area contributed by atoms with E-state index in [2.05, 4.69) is 6.07 Å². The van der Waals surface area contributed by atoms with Gasteiger partial charge in [0, 0.05) is 18.5 Å². The van der Waals surface area contributed by atoms with Gasteiger partial charge in [-0.15, -0.1) is 0 Å². The highest BCUT2D eigenvalue weighted by atomic mass is 16.5. The van der Waals surface area contributed by atoms with Gasteiger partial charge in [0.25, 0.3) is 5.91 Å². The van der Waals surface area contributed by atoms with Gasteiger partial charge in [-0.25, -0.2) is 4.79 Å². The number of amides is 1. The van der Waals surface area contributed by atoms with Gasteiger partial charge in [-0.3, -0.25) is 4.79 Å². The average molecular weight is 511 g/mol. The molecule has 0 bridgehead atoms. The fourth-order valence-corrected chi connectivity index (χ4v) is 5.35. The fraction of sp³-hybridized carbons (Fsp3) is 0.323. The Morgan fingerprint density at radius 3 is 2.34 bits per heavy atom. The number of nitrogens with zero attached hydrogens (tertiary/aromatic N) is 2. The standard InChI is InChI=1S/C31H30N2O5/c32-18-23-15-16-24-19-33(30(34)29(22-11-5-2-6-12-22)38-25-13-7-8-14-25)27(31(35)36)17-26(24)28(23)37-20-21-9-3-1-4-10-21/h1-6,9-12,15-16,25,27,29H,7-8,13-14,17,19-20H2,(H,35,36)/t27?,29-/m1/s1. The summed E-state index contributed by atoms with van der Waals surface area (Å²) in [4.78, 5) is 27.9. The predicted octanol–water partition coefficient (Wildman–Crippen LogP) is 5.18. The Morgan fingerprint density at radius 2 is 1.68 bits per heavy atom. The number of carbonyl (C=O) groups excluding carboxylic acids is 1. The van der Waals surface area contributed by atoms with E-state index in [9.17, 15) is 20.0 Å². The van der Waals surface area contributed by atoms with Crippen LogP contribution in [0.25, 0.3) is 0 Å². The molecule has 2 atom stereocenters. The van der Waals surface area contributed by atoms with Crippen LogP contribution in [0.2, 0.25) is 0 Å². The molecule has 7 heteroatoms. The van der Waals surface area contributed by atoms with Crippen LogP contribution in [-0.2, 0) is 33.9 Å². The Labute approximate surface area is 222 Å². The summed E-state index contributed by atoms with van der Waals surface area (Å²) in [6.45, 7) is 0.341. The third-order valence-electron chi connectivity index (χ3n) is 7.34. The normalized spacial score (nSPS) is 17.9. The molecule has 194 valence electrons. The van der Waals surface area contributed by atoms with Crippen LogP contribution in [-0.4, -0.2) is 34.0 Å². The maximum Gasteiger partial charge on any atom is 0.326 e. The molecule has 0 spiro atoms. The quantitative estimate of drug-likeness (QED) is 0.449. The summed E-state index contributed by atoms with van der Waals surface area (Å²) in [6.07, 6.45) is 3.03. The largest absolute Gasteiger partial charge is 0.487 e. The molecular weight excluding hydrogens is 480 g/mol. The molecule has 0 aromatic heterocycles. The van der Waals surface area contributed by atoms with Crippen molar-refractivity contribution in [1.29, 1.82) is 5.26 Å². The minimum atomic E-state index is -1.11. The summed E-state index contributed by atoms with van der Waals surface area (Å²) in [5.41, 5.74) is 3.42. The number of ether oxygens (including phenoxy) is 2. The molecule has 0 radical (unpaired) electrons.